The van der Waals surface area contributed by atoms with Crippen LogP contribution in [-0.2, 0) is 16.1 Å². The fraction of sp³-hybridized carbons (Fsp3) is 0.571. The van der Waals surface area contributed by atoms with E-state index < -0.39 is 11.7 Å². The second-order valence-electron chi connectivity index (χ2n) is 5.91. The van der Waals surface area contributed by atoms with Crippen LogP contribution >= 0.6 is 0 Å². The first kappa shape index (κ1) is 14.6. The summed E-state index contributed by atoms with van der Waals surface area (Å²) in [6.07, 6.45) is 1.20. The van der Waals surface area contributed by atoms with Crippen LogP contribution in [0.1, 0.15) is 37.9 Å². The number of ether oxygens (including phenoxy) is 2. The molecule has 1 unspecified atom stereocenters. The van der Waals surface area contributed by atoms with Gasteiger partial charge in [0.15, 0.2) is 0 Å². The average molecular weight is 279 g/mol. The van der Waals surface area contributed by atoms with Crippen molar-refractivity contribution >= 4 is 11.8 Å². The summed E-state index contributed by atoms with van der Waals surface area (Å²) in [5.41, 5.74) is 7.74. The molecule has 0 saturated heterocycles. The molecule has 0 saturated carbocycles. The van der Waals surface area contributed by atoms with Crippen LogP contribution < -0.4 is 11.1 Å². The Balaban J connectivity index is 1.97. The summed E-state index contributed by atoms with van der Waals surface area (Å²) in [6, 6.07) is 1.86. The largest absolute Gasteiger partial charge is 0.444 e. The van der Waals surface area contributed by atoms with Crippen LogP contribution in [0.25, 0.3) is 0 Å². The molecule has 1 atom stereocenters. The number of amides is 1. The lowest BCUT2D eigenvalue weighted by atomic mass is 9.98. The Hall–Kier alpha value is -1.82. The highest BCUT2D eigenvalue weighted by molar-refractivity contribution is 5.67. The molecule has 1 aromatic heterocycles. The van der Waals surface area contributed by atoms with E-state index in [0.717, 1.165) is 11.3 Å². The molecule has 0 aliphatic carbocycles. The minimum absolute atomic E-state index is 0.0202. The number of carbonyl (C=O) groups excluding carboxylic acids is 1. The third kappa shape index (κ3) is 3.84. The minimum Gasteiger partial charge on any atom is -0.444 e. The van der Waals surface area contributed by atoms with E-state index in [1.165, 1.54) is 0 Å². The first-order chi connectivity index (χ1) is 9.35. The van der Waals surface area contributed by atoms with E-state index in [-0.39, 0.29) is 5.92 Å². The number of hydrogen-bond acceptors (Lipinski definition) is 5. The Kier molecular flexibility index (Phi) is 4.13. The molecule has 1 aliphatic heterocycles. The second kappa shape index (κ2) is 5.66. The van der Waals surface area contributed by atoms with E-state index in [4.69, 9.17) is 15.2 Å². The number of aromatic nitrogens is 1. The van der Waals surface area contributed by atoms with Crippen LogP contribution in [0.2, 0.25) is 0 Å². The van der Waals surface area contributed by atoms with Crippen LogP contribution in [0.15, 0.2) is 12.3 Å². The molecule has 1 aromatic rings. The number of nitrogens with one attached hydrogen (secondary N) is 1. The van der Waals surface area contributed by atoms with Crippen molar-refractivity contribution in [2.45, 2.75) is 38.9 Å². The average Bonchev–Trinajstić information content (AvgIpc) is 2.33. The summed E-state index contributed by atoms with van der Waals surface area (Å²) in [4.78, 5) is 16.0. The van der Waals surface area contributed by atoms with Crippen molar-refractivity contribution < 1.29 is 14.3 Å². The summed E-state index contributed by atoms with van der Waals surface area (Å²) in [7, 11) is 0. The van der Waals surface area contributed by atoms with Crippen molar-refractivity contribution in [2.24, 2.45) is 0 Å². The van der Waals surface area contributed by atoms with Crippen molar-refractivity contribution in [2.75, 3.05) is 18.9 Å². The Bertz CT molecular complexity index is 497. The van der Waals surface area contributed by atoms with E-state index in [9.17, 15) is 4.79 Å². The number of fused-ring (bicyclic) bond motifs is 1. The van der Waals surface area contributed by atoms with Crippen LogP contribution in [0.4, 0.5) is 10.5 Å². The van der Waals surface area contributed by atoms with Crippen LogP contribution in [0, 0.1) is 0 Å². The van der Waals surface area contributed by atoms with Gasteiger partial charge in [-0.25, -0.2) is 4.79 Å². The third-order valence-electron chi connectivity index (χ3n) is 2.88. The van der Waals surface area contributed by atoms with Gasteiger partial charge in [0.1, 0.15) is 5.60 Å². The number of hydrogen-bond donors (Lipinski definition) is 2. The number of nitrogens with two attached hydrogens (primary N) is 1. The summed E-state index contributed by atoms with van der Waals surface area (Å²) in [5, 5.41) is 2.75. The maximum atomic E-state index is 11.7. The normalized spacial score (nSPS) is 18.2. The molecule has 0 radical (unpaired) electrons. The predicted molar refractivity (Wildman–Crippen MR) is 75.3 cm³/mol. The molecule has 0 bridgehead atoms. The minimum atomic E-state index is -0.502. The van der Waals surface area contributed by atoms with Crippen LogP contribution in [-0.4, -0.2) is 29.8 Å². The molecule has 1 amide bonds. The zero-order chi connectivity index (χ0) is 14.8. The van der Waals surface area contributed by atoms with E-state index in [1.807, 2.05) is 26.8 Å². The first-order valence-corrected chi connectivity index (χ1v) is 6.64. The summed E-state index contributed by atoms with van der Waals surface area (Å²) in [5.74, 6) is 0.0202. The SMILES string of the molecule is CC(C)(C)OC(=O)NCC1COCc2cc(N)cnc21. The lowest BCUT2D eigenvalue weighted by Crippen LogP contribution is -2.36. The van der Waals surface area contributed by atoms with Gasteiger partial charge >= 0.3 is 6.09 Å². The number of rotatable bonds is 2. The van der Waals surface area contributed by atoms with Crippen molar-refractivity contribution in [1.29, 1.82) is 0 Å². The van der Waals surface area contributed by atoms with Gasteiger partial charge < -0.3 is 20.5 Å². The molecular weight excluding hydrogens is 258 g/mol. The number of alkyl carbamates (subject to hydrolysis) is 1. The van der Waals surface area contributed by atoms with E-state index in [2.05, 4.69) is 10.3 Å². The van der Waals surface area contributed by atoms with Gasteiger partial charge in [-0.05, 0) is 26.8 Å². The molecule has 0 fully saturated rings. The van der Waals surface area contributed by atoms with Gasteiger partial charge in [0.25, 0.3) is 0 Å². The lowest BCUT2D eigenvalue weighted by molar-refractivity contribution is 0.0497. The molecule has 2 heterocycles. The number of anilines is 1. The maximum Gasteiger partial charge on any atom is 0.407 e. The Morgan fingerprint density at radius 3 is 3.05 bits per heavy atom. The van der Waals surface area contributed by atoms with Crippen LogP contribution in [0.5, 0.6) is 0 Å². The zero-order valence-corrected chi connectivity index (χ0v) is 12.1. The van der Waals surface area contributed by atoms with E-state index in [1.54, 1.807) is 6.20 Å². The van der Waals surface area contributed by atoms with Crippen molar-refractivity contribution in [1.82, 2.24) is 10.3 Å². The third-order valence-corrected chi connectivity index (χ3v) is 2.88. The molecular formula is C14H21N3O3. The van der Waals surface area contributed by atoms with E-state index >= 15 is 0 Å². The fourth-order valence-corrected chi connectivity index (χ4v) is 2.09. The molecule has 110 valence electrons. The van der Waals surface area contributed by atoms with Gasteiger partial charge in [0.2, 0.25) is 0 Å². The van der Waals surface area contributed by atoms with Gasteiger partial charge in [-0.15, -0.1) is 0 Å². The zero-order valence-electron chi connectivity index (χ0n) is 12.1. The molecule has 0 aromatic carbocycles. The molecule has 3 N–H and O–H groups in total. The standard InChI is InChI=1S/C14H21N3O3/c1-14(2,3)20-13(18)17-5-10-8-19-7-9-4-11(15)6-16-12(9)10/h4,6,10H,5,7-8,15H2,1-3H3,(H,17,18). The van der Waals surface area contributed by atoms with Gasteiger partial charge in [-0.2, -0.15) is 0 Å². The molecule has 1 aliphatic rings. The predicted octanol–water partition coefficient (Wildman–Crippen LogP) is 1.80. The smallest absolute Gasteiger partial charge is 0.407 e. The van der Waals surface area contributed by atoms with Crippen molar-refractivity contribution in [3.8, 4) is 0 Å². The van der Waals surface area contributed by atoms with Crippen molar-refractivity contribution in [3.05, 3.63) is 23.5 Å². The molecule has 2 rings (SSSR count). The Morgan fingerprint density at radius 1 is 1.60 bits per heavy atom. The maximum absolute atomic E-state index is 11.7. The second-order valence-corrected chi connectivity index (χ2v) is 5.91. The van der Waals surface area contributed by atoms with Gasteiger partial charge in [-0.1, -0.05) is 0 Å². The summed E-state index contributed by atoms with van der Waals surface area (Å²) < 4.78 is 10.7. The topological polar surface area (TPSA) is 86.5 Å². The highest BCUT2D eigenvalue weighted by Gasteiger charge is 2.24. The Morgan fingerprint density at radius 2 is 2.35 bits per heavy atom. The first-order valence-electron chi connectivity index (χ1n) is 6.64. The molecule has 6 nitrogen and oxygen atoms in total. The summed E-state index contributed by atoms with van der Waals surface area (Å²) >= 11 is 0. The number of carbonyl (C=O) groups is 1. The van der Waals surface area contributed by atoms with Gasteiger partial charge in [0, 0.05) is 18.0 Å². The fourth-order valence-electron chi connectivity index (χ4n) is 2.09. The van der Waals surface area contributed by atoms with Gasteiger partial charge in [-0.3, -0.25) is 4.98 Å². The molecule has 20 heavy (non-hydrogen) atoms. The van der Waals surface area contributed by atoms with Crippen LogP contribution in [0.3, 0.4) is 0 Å². The highest BCUT2D eigenvalue weighted by atomic mass is 16.6. The number of pyridine rings is 1. The lowest BCUT2D eigenvalue weighted by Gasteiger charge is -2.26. The Labute approximate surface area is 118 Å². The number of nitrogen functional groups attached to an aromatic ring is 1. The van der Waals surface area contributed by atoms with Crippen molar-refractivity contribution in [3.63, 3.8) is 0 Å². The number of nitrogens with zero attached hydrogens (tertiary/aromatic N) is 1. The highest BCUT2D eigenvalue weighted by Crippen LogP contribution is 2.25. The van der Waals surface area contributed by atoms with Gasteiger partial charge in [0.05, 0.1) is 30.8 Å². The monoisotopic (exact) mass is 279 g/mol. The van der Waals surface area contributed by atoms with E-state index in [0.29, 0.717) is 25.4 Å². The molecule has 0 spiro atoms. The summed E-state index contributed by atoms with van der Waals surface area (Å²) in [6.45, 7) is 6.96. The molecule has 6 heteroatoms. The quantitative estimate of drug-likeness (QED) is 0.862.